The molecule has 11 heteroatoms. The maximum Gasteiger partial charge on any atom is 0.278 e. The van der Waals surface area contributed by atoms with Crippen LogP contribution in [-0.2, 0) is 6.61 Å². The maximum absolute atomic E-state index is 10.8. The monoisotopic (exact) mass is 613 g/mol. The van der Waals surface area contributed by atoms with Crippen LogP contribution in [0.2, 0.25) is 0 Å². The lowest BCUT2D eigenvalue weighted by Crippen LogP contribution is -2.03. The van der Waals surface area contributed by atoms with Crippen molar-refractivity contribution in [3.63, 3.8) is 0 Å². The number of hydrogen-bond donors (Lipinski definition) is 3. The third-order valence-electron chi connectivity index (χ3n) is 4.77. The molecule has 3 N–H and O–H groups in total. The molecule has 0 fully saturated rings. The number of nitro benzene ring substituents is 1. The number of alkyl halides is 2. The molecule has 0 bridgehead atoms. The number of phenols is 2. The summed E-state index contributed by atoms with van der Waals surface area (Å²) in [4.78, 5) is 10.1. The van der Waals surface area contributed by atoms with Gasteiger partial charge in [0.25, 0.3) is 5.69 Å². The van der Waals surface area contributed by atoms with Gasteiger partial charge >= 0.3 is 0 Å². The zero-order valence-corrected chi connectivity index (χ0v) is 22.2. The molecule has 3 rings (SSSR count). The average Bonchev–Trinajstić information content (AvgIpc) is 2.87. The quantitative estimate of drug-likeness (QED) is 0.164. The molecule has 3 aromatic carbocycles. The molecule has 0 saturated carbocycles. The van der Waals surface area contributed by atoms with Crippen LogP contribution in [-0.4, -0.2) is 46.4 Å². The predicted molar refractivity (Wildman–Crippen MR) is 138 cm³/mol. The van der Waals surface area contributed by atoms with E-state index in [2.05, 4.69) is 31.9 Å². The summed E-state index contributed by atoms with van der Waals surface area (Å²) in [7, 11) is 2.94. The van der Waals surface area contributed by atoms with Crippen molar-refractivity contribution >= 4 is 37.5 Å². The van der Waals surface area contributed by atoms with Crippen molar-refractivity contribution in [2.45, 2.75) is 11.4 Å². The van der Waals surface area contributed by atoms with Gasteiger partial charge in [-0.05, 0) is 29.8 Å². The number of nitro groups is 1. The Morgan fingerprint density at radius 1 is 0.971 bits per heavy atom. The van der Waals surface area contributed by atoms with Gasteiger partial charge in [-0.2, -0.15) is 0 Å². The molecular formula is C24H25Br2NO8. The highest BCUT2D eigenvalue weighted by atomic mass is 79.9. The van der Waals surface area contributed by atoms with E-state index in [0.717, 1.165) is 11.1 Å². The number of aliphatic hydroxyl groups is 1. The summed E-state index contributed by atoms with van der Waals surface area (Å²) in [6.45, 7) is -0.0582. The van der Waals surface area contributed by atoms with Crippen molar-refractivity contribution in [3.8, 4) is 28.7 Å². The first-order valence-corrected chi connectivity index (χ1v) is 12.2. The van der Waals surface area contributed by atoms with Crippen LogP contribution in [0.15, 0.2) is 54.6 Å². The lowest BCUT2D eigenvalue weighted by Gasteiger charge is -2.14. The average molecular weight is 615 g/mol. The highest BCUT2D eigenvalue weighted by Crippen LogP contribution is 2.39. The van der Waals surface area contributed by atoms with Gasteiger partial charge in [0, 0.05) is 10.9 Å². The van der Waals surface area contributed by atoms with Crippen molar-refractivity contribution in [2.24, 2.45) is 0 Å². The standard InChI is InChI=1S/C14H13BrO3.C10H12BrNO5/c1-18-13-8-9(6-7-12(13)17)14(15)10-4-2-3-5-11(10)16;1-16-9-4-7(6-13)8(12(14)15)5-10(9)17-3-2-11/h2-8,14,16-17H,1H3;4-5,13H,2-3,6H2,1H3. The first-order chi connectivity index (χ1) is 16.8. The van der Waals surface area contributed by atoms with E-state index in [1.165, 1.54) is 26.4 Å². The second kappa shape index (κ2) is 13.8. The number of para-hydroxylation sites is 1. The Kier molecular flexibility index (Phi) is 11.1. The highest BCUT2D eigenvalue weighted by molar-refractivity contribution is 9.09. The van der Waals surface area contributed by atoms with Crippen LogP contribution in [0.25, 0.3) is 0 Å². The minimum absolute atomic E-state index is 0.0956. The molecule has 9 nitrogen and oxygen atoms in total. The molecule has 1 atom stereocenters. The number of hydrogen-bond acceptors (Lipinski definition) is 8. The molecule has 0 heterocycles. The van der Waals surface area contributed by atoms with Crippen LogP contribution in [0.4, 0.5) is 5.69 Å². The molecule has 0 aliphatic carbocycles. The largest absolute Gasteiger partial charge is 0.508 e. The van der Waals surface area contributed by atoms with E-state index in [1.54, 1.807) is 30.3 Å². The van der Waals surface area contributed by atoms with E-state index in [9.17, 15) is 20.3 Å². The SMILES string of the molecule is COc1cc(C(Br)c2ccccc2O)ccc1O.COc1cc(CO)c([N+](=O)[O-])cc1OCCBr. The first-order valence-electron chi connectivity index (χ1n) is 10.2. The van der Waals surface area contributed by atoms with E-state index >= 15 is 0 Å². The number of methoxy groups -OCH3 is 2. The van der Waals surface area contributed by atoms with E-state index in [4.69, 9.17) is 19.3 Å². The van der Waals surface area contributed by atoms with Gasteiger partial charge in [0.1, 0.15) is 5.75 Å². The van der Waals surface area contributed by atoms with Gasteiger partial charge in [-0.15, -0.1) is 0 Å². The lowest BCUT2D eigenvalue weighted by atomic mass is 10.0. The zero-order chi connectivity index (χ0) is 26.0. The zero-order valence-electron chi connectivity index (χ0n) is 19.0. The second-order valence-corrected chi connectivity index (χ2v) is 8.65. The van der Waals surface area contributed by atoms with Crippen LogP contribution in [0, 0.1) is 10.1 Å². The minimum atomic E-state index is -0.564. The second-order valence-electron chi connectivity index (χ2n) is 6.94. The fraction of sp³-hybridized carbons (Fsp3) is 0.250. The van der Waals surface area contributed by atoms with Crippen molar-refractivity contribution in [2.75, 3.05) is 26.2 Å². The smallest absolute Gasteiger partial charge is 0.278 e. The van der Waals surface area contributed by atoms with Crippen LogP contribution < -0.4 is 14.2 Å². The van der Waals surface area contributed by atoms with Gasteiger partial charge in [0.15, 0.2) is 23.0 Å². The van der Waals surface area contributed by atoms with E-state index in [-0.39, 0.29) is 33.3 Å². The molecule has 0 aliphatic heterocycles. The molecule has 0 saturated heterocycles. The van der Waals surface area contributed by atoms with Crippen molar-refractivity contribution in [1.29, 1.82) is 0 Å². The molecular weight excluding hydrogens is 590 g/mol. The van der Waals surface area contributed by atoms with Gasteiger partial charge in [-0.1, -0.05) is 56.1 Å². The molecule has 35 heavy (non-hydrogen) atoms. The number of rotatable bonds is 9. The highest BCUT2D eigenvalue weighted by Gasteiger charge is 2.19. The summed E-state index contributed by atoms with van der Waals surface area (Å²) in [5, 5.41) is 39.8. The number of aromatic hydroxyl groups is 2. The predicted octanol–water partition coefficient (Wildman–Crippen LogP) is 5.46. The summed E-state index contributed by atoms with van der Waals surface area (Å²) in [5.74, 6) is 1.38. The number of aliphatic hydroxyl groups excluding tert-OH is 1. The molecule has 188 valence electrons. The van der Waals surface area contributed by atoms with E-state index < -0.39 is 11.5 Å². The molecule has 0 aromatic heterocycles. The van der Waals surface area contributed by atoms with Crippen molar-refractivity contribution in [3.05, 3.63) is 81.4 Å². The third kappa shape index (κ3) is 7.48. The number of halogens is 2. The Balaban J connectivity index is 0.000000247. The maximum atomic E-state index is 10.8. The van der Waals surface area contributed by atoms with Gasteiger partial charge < -0.3 is 29.5 Å². The van der Waals surface area contributed by atoms with Crippen LogP contribution in [0.1, 0.15) is 21.5 Å². The Hall–Kier alpha value is -3.02. The summed E-state index contributed by atoms with van der Waals surface area (Å²) in [5.41, 5.74) is 1.67. The minimum Gasteiger partial charge on any atom is -0.508 e. The first kappa shape index (κ1) is 28.2. The van der Waals surface area contributed by atoms with Crippen molar-refractivity contribution in [1.82, 2.24) is 0 Å². The summed E-state index contributed by atoms with van der Waals surface area (Å²) < 4.78 is 15.4. The Labute approximate surface area is 219 Å². The Morgan fingerprint density at radius 2 is 1.66 bits per heavy atom. The Bertz CT molecular complexity index is 1140. The number of benzene rings is 3. The molecule has 3 aromatic rings. The van der Waals surface area contributed by atoms with Crippen LogP contribution >= 0.6 is 31.9 Å². The molecule has 1 unspecified atom stereocenters. The van der Waals surface area contributed by atoms with Gasteiger partial charge in [0.2, 0.25) is 0 Å². The van der Waals surface area contributed by atoms with Crippen molar-refractivity contribution < 1.29 is 34.5 Å². The van der Waals surface area contributed by atoms with Crippen LogP contribution in [0.3, 0.4) is 0 Å². The molecule has 0 radical (unpaired) electrons. The molecule has 0 spiro atoms. The summed E-state index contributed by atoms with van der Waals surface area (Å²) in [6, 6.07) is 14.9. The fourth-order valence-electron chi connectivity index (χ4n) is 3.04. The topological polar surface area (TPSA) is 132 Å². The van der Waals surface area contributed by atoms with Gasteiger partial charge in [-0.25, -0.2) is 0 Å². The summed E-state index contributed by atoms with van der Waals surface area (Å²) >= 11 is 6.72. The molecule has 0 amide bonds. The third-order valence-corrected chi connectivity index (χ3v) is 6.12. The van der Waals surface area contributed by atoms with Gasteiger partial charge in [0.05, 0.1) is 48.8 Å². The number of nitrogens with zero attached hydrogens (tertiary/aromatic N) is 1. The van der Waals surface area contributed by atoms with E-state index in [1.807, 2.05) is 12.1 Å². The number of ether oxygens (including phenoxy) is 3. The molecule has 0 aliphatic rings. The Morgan fingerprint density at radius 3 is 2.23 bits per heavy atom. The number of phenolic OH excluding ortho intramolecular Hbond substituents is 2. The normalized spacial score (nSPS) is 11.1. The lowest BCUT2D eigenvalue weighted by molar-refractivity contribution is -0.385. The van der Waals surface area contributed by atoms with Gasteiger partial charge in [-0.3, -0.25) is 10.1 Å². The van der Waals surface area contributed by atoms with Crippen LogP contribution in [0.5, 0.6) is 28.7 Å². The van der Waals surface area contributed by atoms with E-state index in [0.29, 0.717) is 23.4 Å². The summed E-state index contributed by atoms with van der Waals surface area (Å²) in [6.07, 6.45) is 0. The fourth-order valence-corrected chi connectivity index (χ4v) is 3.88.